The van der Waals surface area contributed by atoms with Crippen LogP contribution in [0.2, 0.25) is 0 Å². The highest BCUT2D eigenvalue weighted by atomic mass is 32.2. The summed E-state index contributed by atoms with van der Waals surface area (Å²) in [6.07, 6.45) is -5.46. The van der Waals surface area contributed by atoms with E-state index in [2.05, 4.69) is 10.3 Å². The predicted octanol–water partition coefficient (Wildman–Crippen LogP) is 0.488. The molecule has 0 aromatic carbocycles. The first-order chi connectivity index (χ1) is 15.4. The van der Waals surface area contributed by atoms with Gasteiger partial charge in [-0.25, -0.2) is 9.78 Å². The third kappa shape index (κ3) is 5.44. The van der Waals surface area contributed by atoms with Gasteiger partial charge in [-0.05, 0) is 0 Å². The third-order valence-corrected chi connectivity index (χ3v) is 6.53. The highest BCUT2D eigenvalue weighted by Gasteiger charge is 2.54. The zero-order valence-electron chi connectivity index (χ0n) is 16.6. The van der Waals surface area contributed by atoms with Crippen LogP contribution in [0.4, 0.5) is 18.3 Å². The molecule has 178 valence electrons. The lowest BCUT2D eigenvalue weighted by molar-refractivity contribution is -0.167. The summed E-state index contributed by atoms with van der Waals surface area (Å²) in [7, 11) is 0. The third-order valence-electron chi connectivity index (χ3n) is 4.39. The summed E-state index contributed by atoms with van der Waals surface area (Å²) in [6.45, 7) is 0.879. The highest BCUT2D eigenvalue weighted by Crippen LogP contribution is 2.40. The Morgan fingerprint density at radius 2 is 2.03 bits per heavy atom. The summed E-state index contributed by atoms with van der Waals surface area (Å²) < 4.78 is 41.7. The van der Waals surface area contributed by atoms with E-state index in [0.717, 1.165) is 11.8 Å². The lowest BCUT2D eigenvalue weighted by atomic mass is 10.0. The smallest absolute Gasteiger partial charge is 0.471 e. The van der Waals surface area contributed by atoms with Gasteiger partial charge in [-0.2, -0.15) is 13.2 Å². The van der Waals surface area contributed by atoms with Crippen molar-refractivity contribution < 1.29 is 47.0 Å². The van der Waals surface area contributed by atoms with E-state index in [4.69, 9.17) is 4.74 Å². The fraction of sp³-hybridized carbons (Fsp3) is 0.412. The van der Waals surface area contributed by atoms with Gasteiger partial charge < -0.3 is 15.2 Å². The topological polar surface area (TPSA) is 155 Å². The van der Waals surface area contributed by atoms with Crippen LogP contribution in [0.15, 0.2) is 16.7 Å². The maximum atomic E-state index is 12.5. The van der Waals surface area contributed by atoms with Gasteiger partial charge in [0.15, 0.2) is 5.13 Å². The van der Waals surface area contributed by atoms with Crippen molar-refractivity contribution in [3.05, 3.63) is 22.3 Å². The second-order valence-corrected chi connectivity index (χ2v) is 8.73. The van der Waals surface area contributed by atoms with E-state index >= 15 is 0 Å². The number of alkyl halides is 3. The van der Waals surface area contributed by atoms with E-state index in [1.807, 2.05) is 0 Å². The van der Waals surface area contributed by atoms with E-state index in [-0.39, 0.29) is 40.9 Å². The molecule has 1 fully saturated rings. The van der Waals surface area contributed by atoms with Crippen LogP contribution in [0.25, 0.3) is 0 Å². The largest absolute Gasteiger partial charge is 0.477 e. The standard InChI is InChI=1S/C17H15F3N4O7S2/c1-6(25)31-3-7-4-32-13-10(12(27)24(13)11(7)14(28)29)22-9(26)2-8-5-33-16(21-8)23-15(30)17(18,19)20/h5,10,13H,2-4H2,1H3,(H,22,26)(H,28,29)(H,21,23,30)/t10?,13-/m1/s1. The number of aliphatic carboxylic acids is 1. The van der Waals surface area contributed by atoms with Crippen molar-refractivity contribution in [2.75, 3.05) is 17.7 Å². The minimum absolute atomic E-state index is 0.0738. The predicted molar refractivity (Wildman–Crippen MR) is 107 cm³/mol. The number of esters is 1. The lowest BCUT2D eigenvalue weighted by Gasteiger charge is -2.49. The van der Waals surface area contributed by atoms with Gasteiger partial charge >= 0.3 is 24.0 Å². The van der Waals surface area contributed by atoms with E-state index < -0.39 is 47.3 Å². The van der Waals surface area contributed by atoms with E-state index in [1.54, 1.807) is 5.32 Å². The number of anilines is 1. The van der Waals surface area contributed by atoms with Crippen LogP contribution in [0.3, 0.4) is 0 Å². The average Bonchev–Trinajstić information content (AvgIpc) is 3.15. The van der Waals surface area contributed by atoms with Crippen molar-refractivity contribution >= 4 is 57.9 Å². The van der Waals surface area contributed by atoms with E-state index in [0.29, 0.717) is 11.3 Å². The zero-order valence-corrected chi connectivity index (χ0v) is 18.2. The molecule has 11 nitrogen and oxygen atoms in total. The molecule has 2 aliphatic heterocycles. The van der Waals surface area contributed by atoms with Gasteiger partial charge in [0.1, 0.15) is 23.7 Å². The molecule has 1 saturated heterocycles. The quantitative estimate of drug-likeness (QED) is 0.352. The molecule has 3 heterocycles. The van der Waals surface area contributed by atoms with Gasteiger partial charge in [0.2, 0.25) is 5.91 Å². The molecular weight excluding hydrogens is 493 g/mol. The number of nitrogens with zero attached hydrogens (tertiary/aromatic N) is 2. The van der Waals surface area contributed by atoms with Crippen molar-refractivity contribution in [3.63, 3.8) is 0 Å². The van der Waals surface area contributed by atoms with Gasteiger partial charge in [-0.15, -0.1) is 23.1 Å². The summed E-state index contributed by atoms with van der Waals surface area (Å²) in [5.41, 5.74) is 0.0118. The lowest BCUT2D eigenvalue weighted by Crippen LogP contribution is -2.70. The number of thiazole rings is 1. The summed E-state index contributed by atoms with van der Waals surface area (Å²) in [5, 5.41) is 13.8. The number of carboxylic acids is 1. The first-order valence-corrected chi connectivity index (χ1v) is 11.0. The number of ether oxygens (including phenoxy) is 1. The van der Waals surface area contributed by atoms with Crippen molar-refractivity contribution in [3.8, 4) is 0 Å². The fourth-order valence-electron chi connectivity index (χ4n) is 2.99. The number of carbonyl (C=O) groups excluding carboxylic acids is 4. The molecule has 1 unspecified atom stereocenters. The molecule has 1 aromatic rings. The van der Waals surface area contributed by atoms with Gasteiger partial charge in [0, 0.05) is 23.6 Å². The van der Waals surface area contributed by atoms with Crippen LogP contribution in [-0.2, 0) is 35.1 Å². The van der Waals surface area contributed by atoms with Crippen molar-refractivity contribution in [2.45, 2.75) is 30.9 Å². The minimum atomic E-state index is -5.08. The molecule has 0 aliphatic carbocycles. The molecule has 2 aliphatic rings. The van der Waals surface area contributed by atoms with E-state index in [9.17, 15) is 42.3 Å². The Morgan fingerprint density at radius 1 is 1.33 bits per heavy atom. The Bertz CT molecular complexity index is 1060. The first kappa shape index (κ1) is 24.5. The molecule has 3 N–H and O–H groups in total. The van der Waals surface area contributed by atoms with Crippen molar-refractivity contribution in [1.82, 2.24) is 15.2 Å². The number of amides is 3. The molecule has 33 heavy (non-hydrogen) atoms. The minimum Gasteiger partial charge on any atom is -0.477 e. The van der Waals surface area contributed by atoms with Crippen LogP contribution in [-0.4, -0.2) is 74.6 Å². The summed E-state index contributed by atoms with van der Waals surface area (Å²) in [5.74, 6) is -5.37. The molecular formula is C17H15F3N4O7S2. The Balaban J connectivity index is 1.61. The summed E-state index contributed by atoms with van der Waals surface area (Å²) in [4.78, 5) is 63.2. The average molecular weight is 508 g/mol. The van der Waals surface area contributed by atoms with Crippen LogP contribution >= 0.6 is 23.1 Å². The number of β-lactam (4-membered cyclic amide) rings is 1. The molecule has 0 saturated carbocycles. The molecule has 3 amide bonds. The highest BCUT2D eigenvalue weighted by molar-refractivity contribution is 8.00. The maximum absolute atomic E-state index is 12.5. The molecule has 0 radical (unpaired) electrons. The Morgan fingerprint density at radius 3 is 2.64 bits per heavy atom. The molecule has 3 rings (SSSR count). The molecule has 0 spiro atoms. The Labute approximate surface area is 191 Å². The SMILES string of the molecule is CC(=O)OCC1=C(C(=O)O)N2C(=O)C(NC(=O)Cc3csc(NC(=O)C(F)(F)F)n3)[C@H]2SC1. The molecule has 1 aromatic heterocycles. The second kappa shape index (κ2) is 9.38. The molecule has 16 heteroatoms. The van der Waals surface area contributed by atoms with E-state index in [1.165, 1.54) is 17.1 Å². The fourth-order valence-corrected chi connectivity index (χ4v) is 5.02. The van der Waals surface area contributed by atoms with Crippen LogP contribution in [0.5, 0.6) is 0 Å². The zero-order chi connectivity index (χ0) is 24.5. The number of fused-ring (bicyclic) bond motifs is 1. The van der Waals surface area contributed by atoms with Gasteiger partial charge in [0.05, 0.1) is 12.1 Å². The normalized spacial score (nSPS) is 20.0. The van der Waals surface area contributed by atoms with Crippen LogP contribution in [0.1, 0.15) is 12.6 Å². The summed E-state index contributed by atoms with van der Waals surface area (Å²) in [6, 6.07) is -1.02. The number of carboxylic acid groups (broad SMARTS) is 1. The van der Waals surface area contributed by atoms with Gasteiger partial charge in [-0.1, -0.05) is 0 Å². The number of hydrogen-bond acceptors (Lipinski definition) is 9. The van der Waals surface area contributed by atoms with Crippen molar-refractivity contribution in [2.24, 2.45) is 0 Å². The second-order valence-electron chi connectivity index (χ2n) is 6.77. The van der Waals surface area contributed by atoms with Crippen molar-refractivity contribution in [1.29, 1.82) is 0 Å². The number of hydrogen-bond donors (Lipinski definition) is 3. The number of thioether (sulfide) groups is 1. The first-order valence-electron chi connectivity index (χ1n) is 9.03. The number of rotatable bonds is 7. The Hall–Kier alpha value is -3.14. The Kier molecular flexibility index (Phi) is 6.97. The number of halogens is 3. The number of carbonyl (C=O) groups is 5. The molecule has 2 atom stereocenters. The monoisotopic (exact) mass is 508 g/mol. The van der Waals surface area contributed by atoms with Crippen LogP contribution in [0, 0.1) is 0 Å². The van der Waals surface area contributed by atoms with Gasteiger partial charge in [0.25, 0.3) is 5.91 Å². The summed E-state index contributed by atoms with van der Waals surface area (Å²) >= 11 is 1.87. The molecule has 0 bridgehead atoms. The number of aromatic nitrogens is 1. The maximum Gasteiger partial charge on any atom is 0.471 e. The van der Waals surface area contributed by atoms with Crippen LogP contribution < -0.4 is 10.6 Å². The van der Waals surface area contributed by atoms with Gasteiger partial charge in [-0.3, -0.25) is 29.4 Å². The number of nitrogens with one attached hydrogen (secondary N) is 2.